The van der Waals surface area contributed by atoms with E-state index in [0.717, 1.165) is 42.7 Å². The van der Waals surface area contributed by atoms with Crippen LogP contribution in [0.5, 0.6) is 0 Å². The Morgan fingerprint density at radius 2 is 2.20 bits per heavy atom. The monoisotopic (exact) mass is 344 g/mol. The first-order valence-electron chi connectivity index (χ1n) is 8.73. The van der Waals surface area contributed by atoms with Gasteiger partial charge in [-0.2, -0.15) is 5.10 Å². The molecule has 0 spiro atoms. The Bertz CT molecular complexity index is 824. The lowest BCUT2D eigenvalue weighted by Gasteiger charge is -2.35. The van der Waals surface area contributed by atoms with Crippen LogP contribution in [0.15, 0.2) is 27.4 Å². The summed E-state index contributed by atoms with van der Waals surface area (Å²) >= 11 is 0. The molecule has 0 radical (unpaired) electrons. The van der Waals surface area contributed by atoms with E-state index < -0.39 is 5.56 Å². The van der Waals surface area contributed by atoms with Gasteiger partial charge in [-0.1, -0.05) is 6.92 Å². The Balaban J connectivity index is 1.87. The van der Waals surface area contributed by atoms with E-state index >= 15 is 0 Å². The predicted molar refractivity (Wildman–Crippen MR) is 95.0 cm³/mol. The number of nitrogen functional groups attached to an aromatic ring is 1. The molecule has 0 bridgehead atoms. The molecule has 0 aliphatic carbocycles. The van der Waals surface area contributed by atoms with Crippen LogP contribution in [0.4, 0.5) is 5.69 Å². The van der Waals surface area contributed by atoms with E-state index in [4.69, 9.17) is 10.2 Å². The molecule has 3 heterocycles. The molecule has 0 unspecified atom stereocenters. The van der Waals surface area contributed by atoms with Crippen molar-refractivity contribution in [3.63, 3.8) is 0 Å². The molecular formula is C18H24N4O3. The zero-order valence-corrected chi connectivity index (χ0v) is 14.7. The molecule has 25 heavy (non-hydrogen) atoms. The van der Waals surface area contributed by atoms with E-state index in [0.29, 0.717) is 11.5 Å². The van der Waals surface area contributed by atoms with Crippen molar-refractivity contribution in [3.8, 4) is 11.5 Å². The van der Waals surface area contributed by atoms with Crippen LogP contribution in [0.2, 0.25) is 0 Å². The molecular weight excluding hydrogens is 320 g/mol. The van der Waals surface area contributed by atoms with Crippen LogP contribution >= 0.6 is 0 Å². The van der Waals surface area contributed by atoms with Crippen LogP contribution in [0.1, 0.15) is 38.4 Å². The van der Waals surface area contributed by atoms with Crippen molar-refractivity contribution in [2.75, 3.05) is 12.3 Å². The van der Waals surface area contributed by atoms with Gasteiger partial charge < -0.3 is 15.1 Å². The topological polar surface area (TPSA) is 94.4 Å². The first-order chi connectivity index (χ1) is 12.0. The summed E-state index contributed by atoms with van der Waals surface area (Å²) < 4.78 is 6.69. The van der Waals surface area contributed by atoms with Crippen LogP contribution in [-0.4, -0.2) is 33.2 Å². The lowest BCUT2D eigenvalue weighted by molar-refractivity contribution is -0.135. The average Bonchev–Trinajstić information content (AvgIpc) is 3.05. The smallest absolute Gasteiger partial charge is 0.290 e. The summed E-state index contributed by atoms with van der Waals surface area (Å²) in [6.45, 7) is 4.54. The van der Waals surface area contributed by atoms with Crippen molar-refractivity contribution in [1.29, 1.82) is 0 Å². The quantitative estimate of drug-likeness (QED) is 0.917. The second-order valence-electron chi connectivity index (χ2n) is 6.50. The Morgan fingerprint density at radius 1 is 1.40 bits per heavy atom. The van der Waals surface area contributed by atoms with Crippen molar-refractivity contribution in [2.45, 2.75) is 52.1 Å². The first kappa shape index (κ1) is 17.3. The number of rotatable bonds is 4. The molecule has 1 amide bonds. The molecule has 1 saturated heterocycles. The number of aryl methyl sites for hydroxylation is 1. The molecule has 2 aromatic rings. The number of piperidine rings is 1. The number of nitrogens with two attached hydrogens (primary N) is 1. The van der Waals surface area contributed by atoms with Gasteiger partial charge in [0.1, 0.15) is 23.7 Å². The normalized spacial score (nSPS) is 17.7. The third kappa shape index (κ3) is 3.60. The lowest BCUT2D eigenvalue weighted by atomic mass is 10.00. The maximum atomic E-state index is 12.7. The molecule has 2 N–H and O–H groups in total. The van der Waals surface area contributed by atoms with Crippen molar-refractivity contribution in [1.82, 2.24) is 14.7 Å². The molecule has 1 aliphatic rings. The van der Waals surface area contributed by atoms with Gasteiger partial charge in [0.2, 0.25) is 5.91 Å². The molecule has 0 aromatic carbocycles. The fourth-order valence-electron chi connectivity index (χ4n) is 3.33. The minimum absolute atomic E-state index is 0.0533. The highest BCUT2D eigenvalue weighted by molar-refractivity contribution is 5.76. The fourth-order valence-corrected chi connectivity index (χ4v) is 3.33. The first-order valence-corrected chi connectivity index (χ1v) is 8.73. The summed E-state index contributed by atoms with van der Waals surface area (Å²) in [6.07, 6.45) is 4.07. The second-order valence-corrected chi connectivity index (χ2v) is 6.50. The third-order valence-electron chi connectivity index (χ3n) is 4.70. The minimum Gasteiger partial charge on any atom is -0.460 e. The van der Waals surface area contributed by atoms with E-state index in [9.17, 15) is 9.59 Å². The maximum Gasteiger partial charge on any atom is 0.290 e. The van der Waals surface area contributed by atoms with E-state index in [1.165, 1.54) is 6.07 Å². The SMILES string of the molecule is CC[C@H]1CCCCN1C(=O)Cn1nc(-c2ccc(C)o2)cc(N)c1=O. The summed E-state index contributed by atoms with van der Waals surface area (Å²) in [5.41, 5.74) is 5.88. The number of nitrogens with zero attached hydrogens (tertiary/aromatic N) is 3. The minimum atomic E-state index is -0.453. The molecule has 1 aliphatic heterocycles. The molecule has 0 saturated carbocycles. The molecule has 7 heteroatoms. The van der Waals surface area contributed by atoms with Crippen molar-refractivity contribution in [2.24, 2.45) is 0 Å². The van der Waals surface area contributed by atoms with E-state index in [1.807, 2.05) is 17.9 Å². The maximum absolute atomic E-state index is 12.7. The molecule has 7 nitrogen and oxygen atoms in total. The Hall–Kier alpha value is -2.57. The number of likely N-dealkylation sites (tertiary alicyclic amines) is 1. The molecule has 3 rings (SSSR count). The van der Waals surface area contributed by atoms with Crippen LogP contribution in [0, 0.1) is 6.92 Å². The van der Waals surface area contributed by atoms with Gasteiger partial charge in [-0.15, -0.1) is 0 Å². The van der Waals surface area contributed by atoms with Crippen molar-refractivity contribution < 1.29 is 9.21 Å². The van der Waals surface area contributed by atoms with Crippen LogP contribution in [0.3, 0.4) is 0 Å². The summed E-state index contributed by atoms with van der Waals surface area (Å²) in [4.78, 5) is 26.9. The Kier molecular flexibility index (Phi) is 4.92. The highest BCUT2D eigenvalue weighted by atomic mass is 16.3. The molecule has 1 atom stereocenters. The molecule has 1 fully saturated rings. The van der Waals surface area contributed by atoms with E-state index in [-0.39, 0.29) is 24.2 Å². The molecule has 2 aromatic heterocycles. The van der Waals surface area contributed by atoms with Gasteiger partial charge in [0.25, 0.3) is 5.56 Å². The van der Waals surface area contributed by atoms with E-state index in [2.05, 4.69) is 12.0 Å². The summed E-state index contributed by atoms with van der Waals surface area (Å²) in [5.74, 6) is 1.17. The molecule has 134 valence electrons. The number of aromatic nitrogens is 2. The number of furan rings is 1. The standard InChI is InChI=1S/C18H24N4O3/c1-3-13-6-4-5-9-21(13)17(23)11-22-18(24)14(19)10-15(20-22)16-8-7-12(2)25-16/h7-8,10,13H,3-6,9,11,19H2,1-2H3/t13-/m0/s1. The number of carbonyl (C=O) groups is 1. The van der Waals surface area contributed by atoms with Gasteiger partial charge in [-0.05, 0) is 50.8 Å². The Morgan fingerprint density at radius 3 is 2.88 bits per heavy atom. The van der Waals surface area contributed by atoms with Gasteiger partial charge in [0.15, 0.2) is 5.76 Å². The van der Waals surface area contributed by atoms with Crippen LogP contribution < -0.4 is 11.3 Å². The van der Waals surface area contributed by atoms with E-state index in [1.54, 1.807) is 6.07 Å². The zero-order valence-electron chi connectivity index (χ0n) is 14.7. The highest BCUT2D eigenvalue weighted by Crippen LogP contribution is 2.21. The van der Waals surface area contributed by atoms with Gasteiger partial charge in [-0.3, -0.25) is 9.59 Å². The largest absolute Gasteiger partial charge is 0.460 e. The fraction of sp³-hybridized carbons (Fsp3) is 0.500. The second kappa shape index (κ2) is 7.13. The number of hydrogen-bond donors (Lipinski definition) is 1. The van der Waals surface area contributed by atoms with Gasteiger partial charge in [-0.25, -0.2) is 4.68 Å². The predicted octanol–water partition coefficient (Wildman–Crippen LogP) is 2.19. The number of anilines is 1. The summed E-state index contributed by atoms with van der Waals surface area (Å²) in [7, 11) is 0. The summed E-state index contributed by atoms with van der Waals surface area (Å²) in [5, 5.41) is 4.29. The number of hydrogen-bond acceptors (Lipinski definition) is 5. The number of carbonyl (C=O) groups excluding carboxylic acids is 1. The number of amides is 1. The highest BCUT2D eigenvalue weighted by Gasteiger charge is 2.26. The lowest BCUT2D eigenvalue weighted by Crippen LogP contribution is -2.46. The van der Waals surface area contributed by atoms with Crippen molar-refractivity contribution >= 4 is 11.6 Å². The van der Waals surface area contributed by atoms with Crippen LogP contribution in [-0.2, 0) is 11.3 Å². The zero-order chi connectivity index (χ0) is 18.0. The Labute approximate surface area is 146 Å². The third-order valence-corrected chi connectivity index (χ3v) is 4.70. The van der Waals surface area contributed by atoms with Crippen LogP contribution in [0.25, 0.3) is 11.5 Å². The average molecular weight is 344 g/mol. The van der Waals surface area contributed by atoms with Gasteiger partial charge in [0, 0.05) is 12.6 Å². The van der Waals surface area contributed by atoms with Gasteiger partial charge in [0.05, 0.1) is 0 Å². The van der Waals surface area contributed by atoms with Gasteiger partial charge >= 0.3 is 0 Å². The summed E-state index contributed by atoms with van der Waals surface area (Å²) in [6, 6.07) is 5.31. The van der Waals surface area contributed by atoms with Crippen molar-refractivity contribution in [3.05, 3.63) is 34.3 Å².